The SMILES string of the molecule is COc1ccc(CC(=O)Nc2ccc(N3CCC(NCc4ccc(C)c(F)c4)CC3)cc2)cc1. The van der Waals surface area contributed by atoms with E-state index in [1.54, 1.807) is 20.1 Å². The second kappa shape index (κ2) is 11.2. The number of hydrogen-bond acceptors (Lipinski definition) is 4. The molecule has 0 atom stereocenters. The topological polar surface area (TPSA) is 53.6 Å². The maximum absolute atomic E-state index is 13.7. The van der Waals surface area contributed by atoms with Crippen molar-refractivity contribution in [3.05, 3.63) is 89.2 Å². The first kappa shape index (κ1) is 23.8. The lowest BCUT2D eigenvalue weighted by atomic mass is 10.0. The van der Waals surface area contributed by atoms with Crippen molar-refractivity contribution in [2.45, 2.75) is 38.8 Å². The lowest BCUT2D eigenvalue weighted by Crippen LogP contribution is -2.42. The second-order valence-electron chi connectivity index (χ2n) is 8.85. The number of rotatable bonds is 8. The van der Waals surface area contributed by atoms with Crippen LogP contribution in [0.2, 0.25) is 0 Å². The number of piperidine rings is 1. The molecule has 2 N–H and O–H groups in total. The molecule has 178 valence electrons. The van der Waals surface area contributed by atoms with Gasteiger partial charge in [-0.25, -0.2) is 4.39 Å². The van der Waals surface area contributed by atoms with Gasteiger partial charge in [-0.1, -0.05) is 24.3 Å². The molecule has 34 heavy (non-hydrogen) atoms. The van der Waals surface area contributed by atoms with E-state index >= 15 is 0 Å². The molecule has 1 aliphatic heterocycles. The number of methoxy groups -OCH3 is 1. The second-order valence-corrected chi connectivity index (χ2v) is 8.85. The van der Waals surface area contributed by atoms with Crippen molar-refractivity contribution in [2.75, 3.05) is 30.4 Å². The first-order chi connectivity index (χ1) is 16.5. The van der Waals surface area contributed by atoms with E-state index in [2.05, 4.69) is 27.7 Å². The molecule has 1 amide bonds. The van der Waals surface area contributed by atoms with Crippen molar-refractivity contribution in [1.82, 2.24) is 5.32 Å². The monoisotopic (exact) mass is 461 g/mol. The zero-order valence-corrected chi connectivity index (χ0v) is 19.8. The average molecular weight is 462 g/mol. The summed E-state index contributed by atoms with van der Waals surface area (Å²) in [5.74, 6) is 0.592. The number of nitrogens with zero attached hydrogens (tertiary/aromatic N) is 1. The summed E-state index contributed by atoms with van der Waals surface area (Å²) in [6.07, 6.45) is 2.39. The van der Waals surface area contributed by atoms with Crippen LogP contribution >= 0.6 is 0 Å². The van der Waals surface area contributed by atoms with Gasteiger partial charge in [-0.15, -0.1) is 0 Å². The third kappa shape index (κ3) is 6.35. The van der Waals surface area contributed by atoms with Crippen molar-refractivity contribution < 1.29 is 13.9 Å². The Labute approximate surface area is 200 Å². The molecule has 0 saturated carbocycles. The van der Waals surface area contributed by atoms with Crippen molar-refractivity contribution >= 4 is 17.3 Å². The van der Waals surface area contributed by atoms with Gasteiger partial charge in [0, 0.05) is 37.1 Å². The number of nitrogens with one attached hydrogen (secondary N) is 2. The van der Waals surface area contributed by atoms with Crippen molar-refractivity contribution in [2.24, 2.45) is 0 Å². The van der Waals surface area contributed by atoms with Crippen LogP contribution in [0.4, 0.5) is 15.8 Å². The normalized spacial score (nSPS) is 14.1. The van der Waals surface area contributed by atoms with E-state index in [1.807, 2.05) is 48.5 Å². The molecule has 4 rings (SSSR count). The molecule has 3 aromatic carbocycles. The molecule has 0 aromatic heterocycles. The molecule has 1 aliphatic rings. The summed E-state index contributed by atoms with van der Waals surface area (Å²) in [6.45, 7) is 4.39. The lowest BCUT2D eigenvalue weighted by Gasteiger charge is -2.34. The molecule has 0 unspecified atom stereocenters. The zero-order valence-electron chi connectivity index (χ0n) is 19.8. The molecular weight excluding hydrogens is 429 g/mol. The fourth-order valence-corrected chi connectivity index (χ4v) is 4.24. The van der Waals surface area contributed by atoms with Gasteiger partial charge in [0.1, 0.15) is 11.6 Å². The average Bonchev–Trinajstić information content (AvgIpc) is 2.86. The van der Waals surface area contributed by atoms with Crippen LogP contribution in [-0.4, -0.2) is 32.1 Å². The largest absolute Gasteiger partial charge is 0.497 e. The highest BCUT2D eigenvalue weighted by Crippen LogP contribution is 2.23. The first-order valence-corrected chi connectivity index (χ1v) is 11.8. The summed E-state index contributed by atoms with van der Waals surface area (Å²) >= 11 is 0. The van der Waals surface area contributed by atoms with Crippen molar-refractivity contribution in [1.29, 1.82) is 0 Å². The van der Waals surface area contributed by atoms with E-state index in [-0.39, 0.29) is 11.7 Å². The molecule has 1 saturated heterocycles. The molecule has 3 aromatic rings. The quantitative estimate of drug-likeness (QED) is 0.491. The van der Waals surface area contributed by atoms with Gasteiger partial charge >= 0.3 is 0 Å². The van der Waals surface area contributed by atoms with Gasteiger partial charge in [0.15, 0.2) is 0 Å². The van der Waals surface area contributed by atoms with Gasteiger partial charge in [0.05, 0.1) is 13.5 Å². The van der Waals surface area contributed by atoms with Crippen LogP contribution < -0.4 is 20.3 Å². The first-order valence-electron chi connectivity index (χ1n) is 11.8. The molecule has 0 bridgehead atoms. The highest BCUT2D eigenvalue weighted by atomic mass is 19.1. The molecule has 0 aliphatic carbocycles. The van der Waals surface area contributed by atoms with Gasteiger partial charge < -0.3 is 20.3 Å². The number of halogens is 1. The summed E-state index contributed by atoms with van der Waals surface area (Å²) in [7, 11) is 1.63. The van der Waals surface area contributed by atoms with E-state index in [1.165, 1.54) is 0 Å². The minimum atomic E-state index is -0.144. The van der Waals surface area contributed by atoms with Gasteiger partial charge in [-0.05, 0) is 78.9 Å². The van der Waals surface area contributed by atoms with Crippen LogP contribution in [0.3, 0.4) is 0 Å². The number of hydrogen-bond donors (Lipinski definition) is 2. The Kier molecular flexibility index (Phi) is 7.80. The van der Waals surface area contributed by atoms with E-state index < -0.39 is 0 Å². The Bertz CT molecular complexity index is 1090. The Morgan fingerprint density at radius 2 is 1.68 bits per heavy atom. The predicted octanol–water partition coefficient (Wildman–Crippen LogP) is 5.08. The highest BCUT2D eigenvalue weighted by Gasteiger charge is 2.19. The maximum Gasteiger partial charge on any atom is 0.228 e. The van der Waals surface area contributed by atoms with Crippen molar-refractivity contribution in [3.8, 4) is 5.75 Å². The van der Waals surface area contributed by atoms with E-state index in [0.717, 1.165) is 54.2 Å². The zero-order chi connectivity index (χ0) is 23.9. The van der Waals surface area contributed by atoms with Crippen LogP contribution in [0.1, 0.15) is 29.5 Å². The Hall–Kier alpha value is -3.38. The number of carbonyl (C=O) groups excluding carboxylic acids is 1. The molecular formula is C28H32FN3O2. The third-order valence-corrected chi connectivity index (χ3v) is 6.37. The van der Waals surface area contributed by atoms with Gasteiger partial charge in [0.2, 0.25) is 5.91 Å². The lowest BCUT2D eigenvalue weighted by molar-refractivity contribution is -0.115. The van der Waals surface area contributed by atoms with Gasteiger partial charge in [-0.3, -0.25) is 4.79 Å². The number of anilines is 2. The van der Waals surface area contributed by atoms with Crippen molar-refractivity contribution in [3.63, 3.8) is 0 Å². The van der Waals surface area contributed by atoms with Crippen LogP contribution in [0, 0.1) is 12.7 Å². The summed E-state index contributed by atoms with van der Waals surface area (Å²) in [5.41, 5.74) is 4.56. The number of benzene rings is 3. The minimum absolute atomic E-state index is 0.0433. The Morgan fingerprint density at radius 1 is 1.00 bits per heavy atom. The maximum atomic E-state index is 13.7. The molecule has 0 spiro atoms. The molecule has 6 heteroatoms. The van der Waals surface area contributed by atoms with E-state index in [4.69, 9.17) is 4.74 Å². The summed E-state index contributed by atoms with van der Waals surface area (Å²) in [5, 5.41) is 6.54. The standard InChI is InChI=1S/C28H32FN3O2/c1-20-3-4-22(17-27(20)29)19-30-23-13-15-32(16-14-23)25-9-7-24(8-10-25)31-28(33)18-21-5-11-26(34-2)12-6-21/h3-12,17,23,30H,13-16,18-19H2,1-2H3,(H,31,33). The summed E-state index contributed by atoms with van der Waals surface area (Å²) < 4.78 is 18.9. The van der Waals surface area contributed by atoms with Crippen LogP contribution in [0.5, 0.6) is 5.75 Å². The predicted molar refractivity (Wildman–Crippen MR) is 135 cm³/mol. The third-order valence-electron chi connectivity index (χ3n) is 6.37. The molecule has 0 radical (unpaired) electrons. The van der Waals surface area contributed by atoms with Crippen LogP contribution in [0.25, 0.3) is 0 Å². The fourth-order valence-electron chi connectivity index (χ4n) is 4.24. The number of aryl methyl sites for hydroxylation is 1. The van der Waals surface area contributed by atoms with E-state index in [9.17, 15) is 9.18 Å². The Balaban J connectivity index is 1.22. The smallest absolute Gasteiger partial charge is 0.228 e. The highest BCUT2D eigenvalue weighted by molar-refractivity contribution is 5.92. The molecule has 1 heterocycles. The van der Waals surface area contributed by atoms with E-state index in [0.29, 0.717) is 24.6 Å². The van der Waals surface area contributed by atoms with Gasteiger partial charge in [0.25, 0.3) is 0 Å². The van der Waals surface area contributed by atoms with Crippen LogP contribution in [0.15, 0.2) is 66.7 Å². The summed E-state index contributed by atoms with van der Waals surface area (Å²) in [6, 6.07) is 21.4. The van der Waals surface area contributed by atoms with Gasteiger partial charge in [-0.2, -0.15) is 0 Å². The molecule has 1 fully saturated rings. The van der Waals surface area contributed by atoms with Crippen LogP contribution in [-0.2, 0) is 17.8 Å². The number of ether oxygens (including phenoxy) is 1. The molecule has 5 nitrogen and oxygen atoms in total. The number of carbonyl (C=O) groups is 1. The minimum Gasteiger partial charge on any atom is -0.497 e. The summed E-state index contributed by atoms with van der Waals surface area (Å²) in [4.78, 5) is 14.7. The Morgan fingerprint density at radius 3 is 2.32 bits per heavy atom. The fraction of sp³-hybridized carbons (Fsp3) is 0.321. The number of amides is 1.